The van der Waals surface area contributed by atoms with Crippen LogP contribution in [0.1, 0.15) is 36.5 Å². The van der Waals surface area contributed by atoms with E-state index in [-0.39, 0.29) is 28.4 Å². The number of nitrogens with zero attached hydrogens (tertiary/aromatic N) is 2. The normalized spacial score (nSPS) is 16.6. The Morgan fingerprint density at radius 1 is 1.57 bits per heavy atom. The minimum absolute atomic E-state index is 0.0561. The fourth-order valence-corrected chi connectivity index (χ4v) is 2.99. The van der Waals surface area contributed by atoms with Gasteiger partial charge in [0.2, 0.25) is 5.91 Å². The van der Waals surface area contributed by atoms with Crippen LogP contribution in [0.5, 0.6) is 0 Å². The molecule has 21 heavy (non-hydrogen) atoms. The number of carbonyl (C=O) groups excluding carboxylic acids is 2. The highest BCUT2D eigenvalue weighted by Gasteiger charge is 2.23. The number of nitrogens with one attached hydrogen (secondary N) is 1. The molecule has 2 amide bonds. The third-order valence-electron chi connectivity index (χ3n) is 3.48. The monoisotopic (exact) mass is 311 g/mol. The molecule has 1 aromatic rings. The fraction of sp³-hybridized carbons (Fsp3) is 0.538. The molecule has 1 fully saturated rings. The summed E-state index contributed by atoms with van der Waals surface area (Å²) < 4.78 is 0. The lowest BCUT2D eigenvalue weighted by Gasteiger charge is -2.32. The van der Waals surface area contributed by atoms with Gasteiger partial charge in [-0.15, -0.1) is 0 Å². The molecule has 1 atom stereocenters. The van der Waals surface area contributed by atoms with E-state index in [1.165, 1.54) is 11.4 Å². The predicted molar refractivity (Wildman–Crippen MR) is 78.3 cm³/mol. The number of hydrogen-bond acceptors (Lipinski definition) is 5. The van der Waals surface area contributed by atoms with E-state index in [0.717, 1.165) is 30.7 Å². The molecule has 2 rings (SSSR count). The Labute approximate surface area is 126 Å². The lowest BCUT2D eigenvalue weighted by molar-refractivity contribution is -0.380. The van der Waals surface area contributed by atoms with Gasteiger partial charge in [0.05, 0.1) is 10.5 Å². The summed E-state index contributed by atoms with van der Waals surface area (Å²) in [7, 11) is 0. The van der Waals surface area contributed by atoms with Crippen molar-refractivity contribution in [2.45, 2.75) is 32.2 Å². The van der Waals surface area contributed by atoms with Crippen molar-refractivity contribution in [2.24, 2.45) is 0 Å². The molecule has 1 N–H and O–H groups in total. The number of nitro groups is 1. The maximum Gasteiger partial charge on any atom is 0.324 e. The van der Waals surface area contributed by atoms with Crippen LogP contribution in [0.25, 0.3) is 0 Å². The first kappa shape index (κ1) is 15.4. The highest BCUT2D eigenvalue weighted by molar-refractivity contribution is 7.13. The summed E-state index contributed by atoms with van der Waals surface area (Å²) in [6, 6.07) is 1.19. The molecule has 0 aliphatic carbocycles. The SMILES string of the molecule is C[C@@H](CNC(=O)c1csc([N+](=O)[O-])c1)N1CCCCC1=O. The molecule has 7 nitrogen and oxygen atoms in total. The molecule has 0 aromatic carbocycles. The van der Waals surface area contributed by atoms with Crippen molar-refractivity contribution in [3.63, 3.8) is 0 Å². The smallest absolute Gasteiger partial charge is 0.324 e. The standard InChI is InChI=1S/C13H17N3O4S/c1-9(15-5-3-2-4-11(15)17)7-14-13(18)10-6-12(16(19)20)21-8-10/h6,8-9H,2-5,7H2,1H3,(H,14,18)/t9-/m0/s1. The first-order chi connectivity index (χ1) is 9.99. The van der Waals surface area contributed by atoms with E-state index in [4.69, 9.17) is 0 Å². The first-order valence-electron chi connectivity index (χ1n) is 6.79. The van der Waals surface area contributed by atoms with Crippen LogP contribution in [0.3, 0.4) is 0 Å². The van der Waals surface area contributed by atoms with Gasteiger partial charge in [0.15, 0.2) is 0 Å². The average Bonchev–Trinajstić information content (AvgIpc) is 2.95. The van der Waals surface area contributed by atoms with Gasteiger partial charge in [0.1, 0.15) is 0 Å². The van der Waals surface area contributed by atoms with Crippen molar-refractivity contribution >= 4 is 28.2 Å². The lowest BCUT2D eigenvalue weighted by Crippen LogP contribution is -2.47. The number of piperidine rings is 1. The van der Waals surface area contributed by atoms with Crippen molar-refractivity contribution in [3.05, 3.63) is 27.1 Å². The summed E-state index contributed by atoms with van der Waals surface area (Å²) in [5.74, 6) is -0.232. The van der Waals surface area contributed by atoms with Crippen LogP contribution >= 0.6 is 11.3 Å². The van der Waals surface area contributed by atoms with Gasteiger partial charge in [-0.25, -0.2) is 0 Å². The minimum Gasteiger partial charge on any atom is -0.350 e. The molecule has 1 aliphatic rings. The van der Waals surface area contributed by atoms with E-state index in [1.807, 2.05) is 6.92 Å². The van der Waals surface area contributed by atoms with Gasteiger partial charge in [-0.3, -0.25) is 19.7 Å². The molecule has 1 saturated heterocycles. The highest BCUT2D eigenvalue weighted by atomic mass is 32.1. The van der Waals surface area contributed by atoms with Gasteiger partial charge in [0, 0.05) is 37.0 Å². The van der Waals surface area contributed by atoms with Crippen molar-refractivity contribution in [1.82, 2.24) is 10.2 Å². The van der Waals surface area contributed by atoms with E-state index < -0.39 is 4.92 Å². The Bertz CT molecular complexity index is 557. The number of carbonyl (C=O) groups is 2. The van der Waals surface area contributed by atoms with Crippen molar-refractivity contribution in [3.8, 4) is 0 Å². The first-order valence-corrected chi connectivity index (χ1v) is 7.67. The van der Waals surface area contributed by atoms with Gasteiger partial charge in [0.25, 0.3) is 5.91 Å². The van der Waals surface area contributed by atoms with Crippen molar-refractivity contribution < 1.29 is 14.5 Å². The predicted octanol–water partition coefficient (Wildman–Crippen LogP) is 1.79. The summed E-state index contributed by atoms with van der Waals surface area (Å²) in [6.45, 7) is 2.95. The molecule has 8 heteroatoms. The van der Waals surface area contributed by atoms with Crippen LogP contribution in [0.2, 0.25) is 0 Å². The Kier molecular flexibility index (Phi) is 4.89. The van der Waals surface area contributed by atoms with Gasteiger partial charge < -0.3 is 10.2 Å². The molecule has 0 unspecified atom stereocenters. The maximum absolute atomic E-state index is 11.9. The zero-order chi connectivity index (χ0) is 15.4. The lowest BCUT2D eigenvalue weighted by atomic mass is 10.1. The summed E-state index contributed by atoms with van der Waals surface area (Å²) in [5.41, 5.74) is 0.281. The van der Waals surface area contributed by atoms with Crippen molar-refractivity contribution in [2.75, 3.05) is 13.1 Å². The summed E-state index contributed by atoms with van der Waals surface area (Å²) in [4.78, 5) is 35.5. The molecule has 1 aromatic heterocycles. The van der Waals surface area contributed by atoms with Gasteiger partial charge >= 0.3 is 5.00 Å². The third kappa shape index (κ3) is 3.78. The zero-order valence-corrected chi connectivity index (χ0v) is 12.5. The zero-order valence-electron chi connectivity index (χ0n) is 11.7. The molecule has 0 saturated carbocycles. The highest BCUT2D eigenvalue weighted by Crippen LogP contribution is 2.22. The Hall–Kier alpha value is -1.96. The Morgan fingerprint density at radius 2 is 2.33 bits per heavy atom. The molecule has 0 spiro atoms. The van der Waals surface area contributed by atoms with E-state index in [0.29, 0.717) is 13.0 Å². The largest absolute Gasteiger partial charge is 0.350 e. The number of likely N-dealkylation sites (tertiary alicyclic amines) is 1. The third-order valence-corrected chi connectivity index (χ3v) is 4.36. The second kappa shape index (κ2) is 6.66. The van der Waals surface area contributed by atoms with Gasteiger partial charge in [-0.05, 0) is 19.8 Å². The molecule has 0 bridgehead atoms. The van der Waals surface area contributed by atoms with Crippen LogP contribution in [-0.2, 0) is 4.79 Å². The van der Waals surface area contributed by atoms with Crippen LogP contribution in [0.15, 0.2) is 11.4 Å². The maximum atomic E-state index is 11.9. The van der Waals surface area contributed by atoms with E-state index in [2.05, 4.69) is 5.32 Å². The van der Waals surface area contributed by atoms with E-state index in [9.17, 15) is 19.7 Å². The van der Waals surface area contributed by atoms with E-state index in [1.54, 1.807) is 4.90 Å². The summed E-state index contributed by atoms with van der Waals surface area (Å²) >= 11 is 0.924. The molecule has 114 valence electrons. The molecule has 0 radical (unpaired) electrons. The minimum atomic E-state index is -0.517. The Morgan fingerprint density at radius 3 is 2.95 bits per heavy atom. The number of thiophene rings is 1. The van der Waals surface area contributed by atoms with Crippen LogP contribution in [0.4, 0.5) is 5.00 Å². The number of hydrogen-bond donors (Lipinski definition) is 1. The van der Waals surface area contributed by atoms with Gasteiger partial charge in [-0.1, -0.05) is 11.3 Å². The second-order valence-electron chi connectivity index (χ2n) is 5.03. The molecule has 2 heterocycles. The molecule has 1 aliphatic heterocycles. The number of rotatable bonds is 5. The fourth-order valence-electron chi connectivity index (χ4n) is 2.29. The topological polar surface area (TPSA) is 92.5 Å². The van der Waals surface area contributed by atoms with Crippen molar-refractivity contribution in [1.29, 1.82) is 0 Å². The quantitative estimate of drug-likeness (QED) is 0.662. The second-order valence-corrected chi connectivity index (χ2v) is 5.92. The van der Waals surface area contributed by atoms with Gasteiger partial charge in [-0.2, -0.15) is 0 Å². The molecular formula is C13H17N3O4S. The number of amides is 2. The Balaban J connectivity index is 1.87. The summed E-state index contributed by atoms with van der Waals surface area (Å²) in [5, 5.41) is 14.7. The van der Waals surface area contributed by atoms with Crippen LogP contribution in [-0.4, -0.2) is 40.8 Å². The van der Waals surface area contributed by atoms with Crippen LogP contribution in [0, 0.1) is 10.1 Å². The van der Waals surface area contributed by atoms with E-state index >= 15 is 0 Å². The molecular weight excluding hydrogens is 294 g/mol. The average molecular weight is 311 g/mol. The van der Waals surface area contributed by atoms with Crippen LogP contribution < -0.4 is 5.32 Å². The summed E-state index contributed by atoms with van der Waals surface area (Å²) in [6.07, 6.45) is 2.47.